The molecule has 152 valence electrons. The van der Waals surface area contributed by atoms with Gasteiger partial charge in [-0.3, -0.25) is 4.79 Å². The van der Waals surface area contributed by atoms with E-state index in [0.717, 1.165) is 17.5 Å². The molecule has 0 aliphatic heterocycles. The number of hydrogen-bond donors (Lipinski definition) is 2. The third-order valence-electron chi connectivity index (χ3n) is 6.45. The van der Waals surface area contributed by atoms with Gasteiger partial charge in [0.15, 0.2) is 10.9 Å². The van der Waals surface area contributed by atoms with Crippen molar-refractivity contribution in [3.8, 4) is 0 Å². The lowest BCUT2D eigenvalue weighted by atomic mass is 9.86. The summed E-state index contributed by atoms with van der Waals surface area (Å²) in [6, 6.07) is 16.0. The molecule has 2 saturated carbocycles. The topological polar surface area (TPSA) is 41.1 Å². The highest BCUT2D eigenvalue weighted by atomic mass is 32.1. The van der Waals surface area contributed by atoms with Gasteiger partial charge in [-0.15, -0.1) is 0 Å². The Balaban J connectivity index is 1.41. The van der Waals surface area contributed by atoms with E-state index in [1.54, 1.807) is 0 Å². The zero-order chi connectivity index (χ0) is 20.6. The largest absolute Gasteiger partial charge is 0.359 e. The van der Waals surface area contributed by atoms with Crippen LogP contribution < -0.4 is 10.6 Å². The molecule has 0 spiro atoms. The molecule has 2 aliphatic carbocycles. The number of carbonyl (C=O) groups is 1. The van der Waals surface area contributed by atoms with Crippen LogP contribution in [0.5, 0.6) is 0 Å². The Hall–Kier alpha value is -2.20. The van der Waals surface area contributed by atoms with Gasteiger partial charge in [0.1, 0.15) is 0 Å². The summed E-state index contributed by atoms with van der Waals surface area (Å²) in [6.45, 7) is 6.52. The van der Waals surface area contributed by atoms with E-state index in [-0.39, 0.29) is 11.2 Å². The third kappa shape index (κ3) is 4.53. The van der Waals surface area contributed by atoms with Gasteiger partial charge in [-0.2, -0.15) is 0 Å². The summed E-state index contributed by atoms with van der Waals surface area (Å²) >= 11 is 5.53. The molecule has 2 fully saturated rings. The van der Waals surface area contributed by atoms with Crippen molar-refractivity contribution in [3.05, 3.63) is 65.2 Å². The van der Waals surface area contributed by atoms with Gasteiger partial charge in [0.2, 0.25) is 0 Å². The molecule has 0 amide bonds. The molecule has 29 heavy (non-hydrogen) atoms. The van der Waals surface area contributed by atoms with Crippen LogP contribution in [0, 0.1) is 11.8 Å². The van der Waals surface area contributed by atoms with E-state index in [0.29, 0.717) is 22.3 Å². The van der Waals surface area contributed by atoms with E-state index in [4.69, 9.17) is 12.2 Å². The van der Waals surface area contributed by atoms with Gasteiger partial charge in [0, 0.05) is 22.9 Å². The van der Waals surface area contributed by atoms with Crippen molar-refractivity contribution in [3.63, 3.8) is 0 Å². The van der Waals surface area contributed by atoms with Crippen molar-refractivity contribution in [1.82, 2.24) is 5.32 Å². The maximum atomic E-state index is 12.9. The monoisotopic (exact) mass is 406 g/mol. The second kappa shape index (κ2) is 7.91. The molecular formula is C25H30N2OS. The van der Waals surface area contributed by atoms with Crippen molar-refractivity contribution in [2.45, 2.75) is 57.9 Å². The van der Waals surface area contributed by atoms with Gasteiger partial charge >= 0.3 is 0 Å². The lowest BCUT2D eigenvalue weighted by Crippen LogP contribution is -2.40. The van der Waals surface area contributed by atoms with Crippen molar-refractivity contribution < 1.29 is 4.79 Å². The molecule has 4 rings (SSSR count). The van der Waals surface area contributed by atoms with Crippen LogP contribution in [0.2, 0.25) is 0 Å². The molecule has 0 heterocycles. The Morgan fingerprint density at radius 3 is 2.38 bits per heavy atom. The summed E-state index contributed by atoms with van der Waals surface area (Å²) in [4.78, 5) is 12.9. The van der Waals surface area contributed by atoms with Crippen LogP contribution in [0.4, 0.5) is 5.69 Å². The minimum atomic E-state index is 0.0288. The highest BCUT2D eigenvalue weighted by Gasteiger charge is 2.39. The molecule has 2 N–H and O–H groups in total. The molecule has 4 heteroatoms. The number of hydrogen-bond acceptors (Lipinski definition) is 2. The normalized spacial score (nSPS) is 23.1. The number of rotatable bonds is 4. The number of carbonyl (C=O) groups excluding carboxylic acids is 1. The Kier molecular flexibility index (Phi) is 5.48. The first-order chi connectivity index (χ1) is 13.8. The lowest BCUT2D eigenvalue weighted by Gasteiger charge is -2.24. The summed E-state index contributed by atoms with van der Waals surface area (Å²) in [6.07, 6.45) is 5.28. The minimum absolute atomic E-state index is 0.0288. The minimum Gasteiger partial charge on any atom is -0.359 e. The standard InChI is InChI=1S/C25H30N2OS/c1-25(2,3)20-11-9-17(10-12-20)23(28)19-5-4-6-21(15-19)26-24(29)27-22-14-16-7-8-18(22)13-16/h4-6,9-12,15-16,18,22H,7-8,13-14H2,1-3H3,(H2,26,27,29)/t16-,18-,22-/m1/s1. The van der Waals surface area contributed by atoms with Crippen LogP contribution in [0.1, 0.15) is 67.9 Å². The quantitative estimate of drug-likeness (QED) is 0.505. The lowest BCUT2D eigenvalue weighted by molar-refractivity contribution is 0.103. The van der Waals surface area contributed by atoms with Crippen molar-refractivity contribution >= 4 is 28.8 Å². The third-order valence-corrected chi connectivity index (χ3v) is 6.67. The summed E-state index contributed by atoms with van der Waals surface area (Å²) in [7, 11) is 0. The fraction of sp³-hybridized carbons (Fsp3) is 0.440. The average Bonchev–Trinajstić information content (AvgIpc) is 3.30. The van der Waals surface area contributed by atoms with Crippen molar-refractivity contribution in [2.75, 3.05) is 5.32 Å². The van der Waals surface area contributed by atoms with E-state index in [1.165, 1.54) is 31.2 Å². The van der Waals surface area contributed by atoms with Crippen molar-refractivity contribution in [1.29, 1.82) is 0 Å². The zero-order valence-electron chi connectivity index (χ0n) is 17.5. The van der Waals surface area contributed by atoms with Crippen LogP contribution in [-0.2, 0) is 5.41 Å². The SMILES string of the molecule is CC(C)(C)c1ccc(C(=O)c2cccc(NC(=S)N[C@@H]3C[C@@H]4CC[C@@H]3C4)c2)cc1. The Labute approximate surface area is 179 Å². The summed E-state index contributed by atoms with van der Waals surface area (Å²) in [5, 5.41) is 7.42. The number of anilines is 1. The van der Waals surface area contributed by atoms with Crippen LogP contribution in [0.25, 0.3) is 0 Å². The molecule has 3 atom stereocenters. The fourth-order valence-electron chi connectivity index (χ4n) is 4.78. The van der Waals surface area contributed by atoms with Gasteiger partial charge in [-0.05, 0) is 66.4 Å². The molecule has 0 unspecified atom stereocenters. The van der Waals surface area contributed by atoms with Crippen LogP contribution in [0.3, 0.4) is 0 Å². The number of thiocarbonyl (C=S) groups is 1. The molecule has 0 radical (unpaired) electrons. The Morgan fingerprint density at radius 2 is 1.76 bits per heavy atom. The Morgan fingerprint density at radius 1 is 1.00 bits per heavy atom. The smallest absolute Gasteiger partial charge is 0.193 e. The molecule has 0 aromatic heterocycles. The molecular weight excluding hydrogens is 376 g/mol. The number of nitrogens with one attached hydrogen (secondary N) is 2. The highest BCUT2D eigenvalue weighted by molar-refractivity contribution is 7.80. The van der Waals surface area contributed by atoms with E-state index < -0.39 is 0 Å². The van der Waals surface area contributed by atoms with Gasteiger partial charge in [-0.25, -0.2) is 0 Å². The van der Waals surface area contributed by atoms with Crippen LogP contribution >= 0.6 is 12.2 Å². The first-order valence-electron chi connectivity index (χ1n) is 10.6. The average molecular weight is 407 g/mol. The second-order valence-corrected chi connectivity index (χ2v) is 10.0. The Bertz CT molecular complexity index is 913. The fourth-order valence-corrected chi connectivity index (χ4v) is 5.05. The van der Waals surface area contributed by atoms with E-state index >= 15 is 0 Å². The van der Waals surface area contributed by atoms with Crippen LogP contribution in [0.15, 0.2) is 48.5 Å². The van der Waals surface area contributed by atoms with E-state index in [2.05, 4.69) is 31.4 Å². The predicted molar refractivity (Wildman–Crippen MR) is 124 cm³/mol. The summed E-state index contributed by atoms with van der Waals surface area (Å²) < 4.78 is 0. The molecule has 0 saturated heterocycles. The van der Waals surface area contributed by atoms with Gasteiger partial charge in [0.25, 0.3) is 0 Å². The molecule has 2 bridgehead atoms. The zero-order valence-corrected chi connectivity index (χ0v) is 18.3. The van der Waals surface area contributed by atoms with Crippen LogP contribution in [-0.4, -0.2) is 16.9 Å². The van der Waals surface area contributed by atoms with Gasteiger partial charge in [0.05, 0.1) is 0 Å². The first kappa shape index (κ1) is 20.1. The highest BCUT2D eigenvalue weighted by Crippen LogP contribution is 2.44. The second-order valence-electron chi connectivity index (χ2n) is 9.62. The molecule has 2 aromatic rings. The molecule has 3 nitrogen and oxygen atoms in total. The maximum absolute atomic E-state index is 12.9. The molecule has 2 aliphatic rings. The summed E-state index contributed by atoms with van der Waals surface area (Å²) in [5.74, 6) is 1.68. The predicted octanol–water partition coefficient (Wildman–Crippen LogP) is 5.69. The maximum Gasteiger partial charge on any atom is 0.193 e. The van der Waals surface area contributed by atoms with Gasteiger partial charge in [-0.1, -0.05) is 63.6 Å². The number of ketones is 1. The van der Waals surface area contributed by atoms with Crippen molar-refractivity contribution in [2.24, 2.45) is 11.8 Å². The first-order valence-corrected chi connectivity index (χ1v) is 11.0. The van der Waals surface area contributed by atoms with E-state index in [1.807, 2.05) is 48.5 Å². The van der Waals surface area contributed by atoms with E-state index in [9.17, 15) is 4.79 Å². The summed E-state index contributed by atoms with van der Waals surface area (Å²) in [5.41, 5.74) is 3.52. The van der Waals surface area contributed by atoms with Gasteiger partial charge < -0.3 is 10.6 Å². The number of benzene rings is 2. The number of fused-ring (bicyclic) bond motifs is 2. The molecule has 2 aromatic carbocycles.